The van der Waals surface area contributed by atoms with Crippen LogP contribution in [0, 0.1) is 52.3 Å². The average molecular weight is 605 g/mol. The third-order valence-electron chi connectivity index (χ3n) is 14.0. The Balaban J connectivity index is 1.07. The zero-order chi connectivity index (χ0) is 30.6. The number of nitrogens with one attached hydrogen (secondary N) is 1. The van der Waals surface area contributed by atoms with Gasteiger partial charge in [0.25, 0.3) is 0 Å². The number of nitrogens with zero attached hydrogens (tertiary/aromatic N) is 1. The standard InChI is InChI=1S/C35H60N2O6/c1-23-13-15-34(16-14-23)40-42-35(43-41-34)18-17-32(3)25(22-35)8-9-26-28-11-10-27(33(28,4)30(38)21-29(26)32)24(2)7-12-31(39)36-19-20-37(5)6/h23-30,38H,7-22H2,1-6H3,(H,36,39)/t23?,24-,25-,26+,27-,28+,29+,30+,32+,33-,34?,35?/m1/s1. The molecule has 1 aliphatic heterocycles. The maximum atomic E-state index is 12.5. The van der Waals surface area contributed by atoms with Gasteiger partial charge in [-0.15, -0.1) is 0 Å². The van der Waals surface area contributed by atoms with E-state index in [1.165, 1.54) is 25.7 Å². The molecule has 1 heterocycles. The number of rotatable bonds is 7. The van der Waals surface area contributed by atoms with E-state index in [-0.39, 0.29) is 22.8 Å². The summed E-state index contributed by atoms with van der Waals surface area (Å²) in [6.07, 6.45) is 13.2. The molecule has 0 unspecified atom stereocenters. The predicted molar refractivity (Wildman–Crippen MR) is 164 cm³/mol. The summed E-state index contributed by atoms with van der Waals surface area (Å²) in [5, 5.41) is 15.1. The van der Waals surface area contributed by atoms with Crippen LogP contribution < -0.4 is 5.32 Å². The average Bonchev–Trinajstić information content (AvgIpc) is 3.34. The second kappa shape index (κ2) is 12.1. The molecule has 2 N–H and O–H groups in total. The Morgan fingerprint density at radius 2 is 1.63 bits per heavy atom. The topological polar surface area (TPSA) is 89.5 Å². The highest BCUT2D eigenvalue weighted by Gasteiger charge is 2.66. The lowest BCUT2D eigenvalue weighted by molar-refractivity contribution is -0.665. The zero-order valence-corrected chi connectivity index (χ0v) is 27.9. The third kappa shape index (κ3) is 5.84. The summed E-state index contributed by atoms with van der Waals surface area (Å²) in [5.74, 6) is 2.40. The van der Waals surface area contributed by atoms with Crippen LogP contribution in [0.4, 0.5) is 0 Å². The fourth-order valence-electron chi connectivity index (χ4n) is 11.0. The maximum Gasteiger partial charge on any atom is 0.234 e. The normalized spacial score (nSPS) is 48.5. The number of hydrogen-bond donors (Lipinski definition) is 2. The molecule has 0 aromatic heterocycles. The van der Waals surface area contributed by atoms with Gasteiger partial charge in [-0.3, -0.25) is 4.79 Å². The van der Waals surface area contributed by atoms with Crippen molar-refractivity contribution in [3.05, 3.63) is 0 Å². The van der Waals surface area contributed by atoms with Gasteiger partial charge in [0.05, 0.1) is 6.10 Å². The van der Waals surface area contributed by atoms with Crippen LogP contribution in [0.3, 0.4) is 0 Å². The molecular formula is C35H60N2O6. The smallest absolute Gasteiger partial charge is 0.234 e. The van der Waals surface area contributed by atoms with Crippen molar-refractivity contribution in [3.8, 4) is 0 Å². The Kier molecular flexibility index (Phi) is 9.06. The summed E-state index contributed by atoms with van der Waals surface area (Å²) in [6.45, 7) is 11.1. The van der Waals surface area contributed by atoms with Crippen LogP contribution in [0.2, 0.25) is 0 Å². The van der Waals surface area contributed by atoms with Gasteiger partial charge in [-0.1, -0.05) is 27.7 Å². The highest BCUT2D eigenvalue weighted by Crippen LogP contribution is 2.69. The van der Waals surface area contributed by atoms with Gasteiger partial charge in [-0.2, -0.15) is 19.6 Å². The molecule has 0 aromatic rings. The zero-order valence-electron chi connectivity index (χ0n) is 27.9. The minimum Gasteiger partial charge on any atom is -0.393 e. The van der Waals surface area contributed by atoms with Gasteiger partial charge in [0.1, 0.15) is 0 Å². The van der Waals surface area contributed by atoms with Crippen molar-refractivity contribution in [2.75, 3.05) is 27.2 Å². The van der Waals surface area contributed by atoms with Gasteiger partial charge in [0.2, 0.25) is 17.5 Å². The molecule has 1 amide bonds. The molecule has 0 aromatic carbocycles. The van der Waals surface area contributed by atoms with Crippen LogP contribution in [0.1, 0.15) is 118 Å². The lowest BCUT2D eigenvalue weighted by Crippen LogP contribution is -2.61. The van der Waals surface area contributed by atoms with E-state index < -0.39 is 11.6 Å². The van der Waals surface area contributed by atoms with E-state index in [0.29, 0.717) is 54.4 Å². The monoisotopic (exact) mass is 604 g/mol. The molecule has 8 heteroatoms. The summed E-state index contributed by atoms with van der Waals surface area (Å²) in [6, 6.07) is 0. The SMILES string of the molecule is CC1CCC2(CC1)OOC1(CC[C@@]3(C)[C@H](CC[C@@H]4[C@@H]3C[C@H](O)[C@]3(C)[C@@H]([C@H](C)CCC(=O)NCCN(C)C)CC[C@@H]43)C1)OO2. The molecular weight excluding hydrogens is 544 g/mol. The first-order valence-corrected chi connectivity index (χ1v) is 17.7. The molecule has 5 aliphatic carbocycles. The number of aliphatic hydroxyl groups is 1. The molecule has 6 rings (SSSR count). The van der Waals surface area contributed by atoms with Crippen LogP contribution in [0.15, 0.2) is 0 Å². The lowest BCUT2D eigenvalue weighted by Gasteiger charge is -2.63. The quantitative estimate of drug-likeness (QED) is 0.334. The number of fused-ring (bicyclic) bond motifs is 5. The van der Waals surface area contributed by atoms with Crippen LogP contribution in [-0.2, 0) is 24.3 Å². The van der Waals surface area contributed by atoms with Crippen LogP contribution in [0.25, 0.3) is 0 Å². The first kappa shape index (κ1) is 32.2. The van der Waals surface area contributed by atoms with Gasteiger partial charge < -0.3 is 15.3 Å². The molecule has 2 spiro atoms. The first-order chi connectivity index (χ1) is 20.4. The fourth-order valence-corrected chi connectivity index (χ4v) is 11.0. The molecule has 0 radical (unpaired) electrons. The van der Waals surface area contributed by atoms with Crippen molar-refractivity contribution in [2.24, 2.45) is 52.3 Å². The van der Waals surface area contributed by atoms with E-state index in [1.807, 2.05) is 14.1 Å². The van der Waals surface area contributed by atoms with Crippen molar-refractivity contribution in [1.29, 1.82) is 0 Å². The number of carbonyl (C=O) groups is 1. The van der Waals surface area contributed by atoms with Gasteiger partial charge in [-0.05, 0) is 124 Å². The van der Waals surface area contributed by atoms with E-state index in [2.05, 4.69) is 37.9 Å². The Labute approximate surface area is 260 Å². The second-order valence-corrected chi connectivity index (χ2v) is 16.7. The number of likely N-dealkylation sites (N-methyl/N-ethyl adjacent to an activating group) is 1. The van der Waals surface area contributed by atoms with Gasteiger partial charge in [0.15, 0.2) is 0 Å². The highest BCUT2D eigenvalue weighted by molar-refractivity contribution is 5.75. The maximum absolute atomic E-state index is 12.5. The number of amides is 1. The van der Waals surface area contributed by atoms with Gasteiger partial charge in [0, 0.05) is 45.2 Å². The van der Waals surface area contributed by atoms with E-state index in [4.69, 9.17) is 19.6 Å². The van der Waals surface area contributed by atoms with Crippen molar-refractivity contribution >= 4 is 5.91 Å². The second-order valence-electron chi connectivity index (χ2n) is 16.7. The van der Waals surface area contributed by atoms with E-state index in [0.717, 1.165) is 64.3 Å². The molecule has 43 heavy (non-hydrogen) atoms. The minimum atomic E-state index is -0.806. The van der Waals surface area contributed by atoms with E-state index >= 15 is 0 Å². The summed E-state index contributed by atoms with van der Waals surface area (Å²) < 4.78 is 0. The lowest BCUT2D eigenvalue weighted by atomic mass is 9.43. The molecule has 6 fully saturated rings. The van der Waals surface area contributed by atoms with Crippen LogP contribution in [-0.4, -0.2) is 60.8 Å². The number of carbonyl (C=O) groups excluding carboxylic acids is 1. The summed E-state index contributed by atoms with van der Waals surface area (Å²) in [5.41, 5.74) is 0.0943. The van der Waals surface area contributed by atoms with Crippen LogP contribution >= 0.6 is 0 Å². The minimum absolute atomic E-state index is 0.0653. The van der Waals surface area contributed by atoms with Gasteiger partial charge in [-0.25, -0.2) is 0 Å². The Bertz CT molecular complexity index is 989. The van der Waals surface area contributed by atoms with Crippen molar-refractivity contribution in [3.63, 3.8) is 0 Å². The largest absolute Gasteiger partial charge is 0.393 e. The molecule has 1 saturated heterocycles. The van der Waals surface area contributed by atoms with E-state index in [9.17, 15) is 9.90 Å². The Hall–Kier alpha value is -0.770. The van der Waals surface area contributed by atoms with Gasteiger partial charge >= 0.3 is 0 Å². The van der Waals surface area contributed by atoms with Crippen LogP contribution in [0.5, 0.6) is 0 Å². The van der Waals surface area contributed by atoms with Crippen molar-refractivity contribution in [1.82, 2.24) is 10.2 Å². The summed E-state index contributed by atoms with van der Waals surface area (Å²) in [4.78, 5) is 39.0. The third-order valence-corrected chi connectivity index (χ3v) is 14.0. The molecule has 5 saturated carbocycles. The Morgan fingerprint density at radius 1 is 0.930 bits per heavy atom. The molecule has 0 bridgehead atoms. The molecule has 246 valence electrons. The summed E-state index contributed by atoms with van der Waals surface area (Å²) in [7, 11) is 4.05. The summed E-state index contributed by atoms with van der Waals surface area (Å²) >= 11 is 0. The highest BCUT2D eigenvalue weighted by atomic mass is 17.4. The number of aliphatic hydroxyl groups excluding tert-OH is 1. The van der Waals surface area contributed by atoms with E-state index in [1.54, 1.807) is 0 Å². The predicted octanol–water partition coefficient (Wildman–Crippen LogP) is 6.22. The fraction of sp³-hybridized carbons (Fsp3) is 0.971. The number of hydrogen-bond acceptors (Lipinski definition) is 7. The molecule has 6 aliphatic rings. The first-order valence-electron chi connectivity index (χ1n) is 17.7. The van der Waals surface area contributed by atoms with Crippen molar-refractivity contribution < 1.29 is 29.5 Å². The molecule has 8 nitrogen and oxygen atoms in total. The molecule has 9 atom stereocenters. The van der Waals surface area contributed by atoms with Crippen molar-refractivity contribution in [2.45, 2.75) is 135 Å². The Morgan fingerprint density at radius 3 is 2.33 bits per heavy atom.